The maximum atomic E-state index is 12.5. The van der Waals surface area contributed by atoms with Gasteiger partial charge in [0.05, 0.1) is 25.0 Å². The number of rotatable bonds is 7. The molecule has 1 amide bonds. The molecular weight excluding hydrogens is 360 g/mol. The van der Waals surface area contributed by atoms with Gasteiger partial charge in [-0.2, -0.15) is 0 Å². The second-order valence-electron chi connectivity index (χ2n) is 7.16. The van der Waals surface area contributed by atoms with Gasteiger partial charge in [0.25, 0.3) is 5.91 Å². The van der Waals surface area contributed by atoms with E-state index in [1.165, 1.54) is 23.3 Å². The third-order valence-electron chi connectivity index (χ3n) is 5.49. The molecule has 3 heterocycles. The number of quaternary nitrogens is 1. The van der Waals surface area contributed by atoms with Crippen molar-refractivity contribution in [2.45, 2.75) is 46.0 Å². The van der Waals surface area contributed by atoms with Crippen molar-refractivity contribution >= 4 is 33.1 Å². The third-order valence-corrected chi connectivity index (χ3v) is 6.69. The summed E-state index contributed by atoms with van der Waals surface area (Å²) in [6.07, 6.45) is 7.27. The minimum atomic E-state index is -0.203. The molecule has 3 aromatic heterocycles. The molecule has 0 aromatic carbocycles. The number of fused-ring (bicyclic) bond motifs is 5. The Morgan fingerprint density at radius 2 is 2.11 bits per heavy atom. The zero-order valence-electron chi connectivity index (χ0n) is 16.0. The Kier molecular flexibility index (Phi) is 5.36. The standard InChI is InChI=1S/C19H26N6OS/c1-3-24(4-2)11-7-10-20-18(26)16-22-17-15-13-8-5-6-9-14(13)27-19(15)21-12-25(17)23-16/h12H,3-11H2,1-2H3,(H,20,26)/p+1. The monoisotopic (exact) mass is 387 g/mol. The number of nitrogens with one attached hydrogen (secondary N) is 2. The molecule has 0 bridgehead atoms. The van der Waals surface area contributed by atoms with Crippen LogP contribution in [0.15, 0.2) is 6.33 Å². The number of amides is 1. The van der Waals surface area contributed by atoms with E-state index in [0.29, 0.717) is 6.54 Å². The van der Waals surface area contributed by atoms with Crippen molar-refractivity contribution in [1.82, 2.24) is 24.9 Å². The Morgan fingerprint density at radius 3 is 2.93 bits per heavy atom. The van der Waals surface area contributed by atoms with Crippen molar-refractivity contribution in [3.8, 4) is 0 Å². The lowest BCUT2D eigenvalue weighted by Crippen LogP contribution is -3.11. The molecule has 0 spiro atoms. The molecule has 0 unspecified atom stereocenters. The van der Waals surface area contributed by atoms with Crippen LogP contribution in [0.2, 0.25) is 0 Å². The minimum absolute atomic E-state index is 0.203. The minimum Gasteiger partial charge on any atom is -0.349 e. The van der Waals surface area contributed by atoms with E-state index in [2.05, 4.69) is 34.2 Å². The van der Waals surface area contributed by atoms with Crippen LogP contribution in [-0.4, -0.2) is 51.7 Å². The maximum Gasteiger partial charge on any atom is 0.290 e. The molecule has 1 aliphatic rings. The SMILES string of the molecule is CC[NH+](CC)CCCNC(=O)c1nc2c3c4c(sc3ncn2n1)CCCC4. The first-order chi connectivity index (χ1) is 13.2. The average Bonchev–Trinajstić information content (AvgIpc) is 3.28. The van der Waals surface area contributed by atoms with E-state index in [9.17, 15) is 4.79 Å². The van der Waals surface area contributed by atoms with E-state index in [0.717, 1.165) is 54.8 Å². The predicted octanol–water partition coefficient (Wildman–Crippen LogP) is 1.26. The number of hydrogen-bond acceptors (Lipinski definition) is 5. The quantitative estimate of drug-likeness (QED) is 0.599. The second kappa shape index (κ2) is 7.90. The topological polar surface area (TPSA) is 76.6 Å². The van der Waals surface area contributed by atoms with E-state index >= 15 is 0 Å². The van der Waals surface area contributed by atoms with Gasteiger partial charge in [0.1, 0.15) is 11.2 Å². The Bertz CT molecular complexity index is 958. The van der Waals surface area contributed by atoms with Crippen molar-refractivity contribution in [3.63, 3.8) is 0 Å². The van der Waals surface area contributed by atoms with Crippen LogP contribution in [0.3, 0.4) is 0 Å². The average molecular weight is 388 g/mol. The normalized spacial score (nSPS) is 14.2. The zero-order chi connectivity index (χ0) is 18.8. The lowest BCUT2D eigenvalue weighted by molar-refractivity contribution is -0.896. The van der Waals surface area contributed by atoms with Gasteiger partial charge < -0.3 is 10.2 Å². The molecule has 0 radical (unpaired) electrons. The van der Waals surface area contributed by atoms with Crippen molar-refractivity contribution in [2.24, 2.45) is 0 Å². The van der Waals surface area contributed by atoms with Crippen LogP contribution in [0.1, 0.15) is 54.2 Å². The van der Waals surface area contributed by atoms with Crippen molar-refractivity contribution < 1.29 is 9.69 Å². The van der Waals surface area contributed by atoms with E-state index in [4.69, 9.17) is 0 Å². The smallest absolute Gasteiger partial charge is 0.290 e. The summed E-state index contributed by atoms with van der Waals surface area (Å²) in [5.74, 6) is 0.0285. The summed E-state index contributed by atoms with van der Waals surface area (Å²) >= 11 is 1.76. The van der Waals surface area contributed by atoms with Crippen LogP contribution in [0.4, 0.5) is 0 Å². The van der Waals surface area contributed by atoms with E-state index in [1.54, 1.807) is 27.1 Å². The zero-order valence-corrected chi connectivity index (χ0v) is 16.9. The molecule has 27 heavy (non-hydrogen) atoms. The highest BCUT2D eigenvalue weighted by Gasteiger charge is 2.22. The fraction of sp³-hybridized carbons (Fsp3) is 0.579. The van der Waals surface area contributed by atoms with Crippen LogP contribution < -0.4 is 10.2 Å². The van der Waals surface area contributed by atoms with Gasteiger partial charge in [-0.05, 0) is 45.1 Å². The Morgan fingerprint density at radius 1 is 1.30 bits per heavy atom. The summed E-state index contributed by atoms with van der Waals surface area (Å²) in [7, 11) is 0. The second-order valence-corrected chi connectivity index (χ2v) is 8.24. The number of thiophene rings is 1. The van der Waals surface area contributed by atoms with Gasteiger partial charge in [0, 0.05) is 17.8 Å². The molecule has 2 N–H and O–H groups in total. The molecular formula is C19H27N6OS+. The molecule has 0 saturated heterocycles. The van der Waals surface area contributed by atoms with Crippen LogP contribution in [0.25, 0.3) is 15.9 Å². The van der Waals surface area contributed by atoms with Crippen LogP contribution in [0, 0.1) is 0 Å². The third kappa shape index (κ3) is 3.55. The van der Waals surface area contributed by atoms with Gasteiger partial charge >= 0.3 is 0 Å². The maximum absolute atomic E-state index is 12.5. The Hall–Kier alpha value is -2.06. The lowest BCUT2D eigenvalue weighted by Gasteiger charge is -2.14. The molecule has 1 aliphatic carbocycles. The molecule has 3 aromatic rings. The summed E-state index contributed by atoms with van der Waals surface area (Å²) in [5, 5.41) is 8.42. The lowest BCUT2D eigenvalue weighted by atomic mass is 9.97. The summed E-state index contributed by atoms with van der Waals surface area (Å²) in [4.78, 5) is 25.6. The van der Waals surface area contributed by atoms with Crippen LogP contribution in [-0.2, 0) is 12.8 Å². The molecule has 0 atom stereocenters. The highest BCUT2D eigenvalue weighted by atomic mass is 32.1. The summed E-state index contributed by atoms with van der Waals surface area (Å²) in [6.45, 7) is 8.33. The highest BCUT2D eigenvalue weighted by Crippen LogP contribution is 2.36. The van der Waals surface area contributed by atoms with Gasteiger partial charge in [-0.3, -0.25) is 4.79 Å². The molecule has 0 aliphatic heterocycles. The molecule has 144 valence electrons. The van der Waals surface area contributed by atoms with Crippen LogP contribution in [0.5, 0.6) is 0 Å². The van der Waals surface area contributed by atoms with Gasteiger partial charge in [-0.1, -0.05) is 0 Å². The summed E-state index contributed by atoms with van der Waals surface area (Å²) < 4.78 is 1.65. The van der Waals surface area contributed by atoms with E-state index in [-0.39, 0.29) is 11.7 Å². The fourth-order valence-corrected chi connectivity index (χ4v) is 5.10. The number of aryl methyl sites for hydroxylation is 2. The number of carbonyl (C=O) groups excluding carboxylic acids is 1. The van der Waals surface area contributed by atoms with Gasteiger partial charge in [-0.25, -0.2) is 14.5 Å². The number of hydrogen-bond donors (Lipinski definition) is 2. The van der Waals surface area contributed by atoms with E-state index in [1.807, 2.05) is 0 Å². The molecule has 4 rings (SSSR count). The molecule has 7 nitrogen and oxygen atoms in total. The predicted molar refractivity (Wildman–Crippen MR) is 107 cm³/mol. The largest absolute Gasteiger partial charge is 0.349 e. The number of aromatic nitrogens is 4. The van der Waals surface area contributed by atoms with Gasteiger partial charge in [-0.15, -0.1) is 16.4 Å². The van der Waals surface area contributed by atoms with Crippen molar-refractivity contribution in [1.29, 1.82) is 0 Å². The summed E-state index contributed by atoms with van der Waals surface area (Å²) in [5.41, 5.74) is 2.12. The van der Waals surface area contributed by atoms with Crippen molar-refractivity contribution in [2.75, 3.05) is 26.2 Å². The van der Waals surface area contributed by atoms with Crippen molar-refractivity contribution in [3.05, 3.63) is 22.6 Å². The Labute approximate surface area is 162 Å². The first-order valence-corrected chi connectivity index (χ1v) is 10.8. The van der Waals surface area contributed by atoms with Gasteiger partial charge in [0.15, 0.2) is 5.65 Å². The van der Waals surface area contributed by atoms with Crippen LogP contribution >= 0.6 is 11.3 Å². The van der Waals surface area contributed by atoms with E-state index < -0.39 is 0 Å². The highest BCUT2D eigenvalue weighted by molar-refractivity contribution is 7.19. The molecule has 0 fully saturated rings. The first-order valence-electron chi connectivity index (χ1n) is 9.98. The number of carbonyl (C=O) groups is 1. The molecule has 0 saturated carbocycles. The molecule has 8 heteroatoms. The Balaban J connectivity index is 1.52. The van der Waals surface area contributed by atoms with Gasteiger partial charge in [0.2, 0.25) is 5.82 Å². The fourth-order valence-electron chi connectivity index (χ4n) is 3.87. The summed E-state index contributed by atoms with van der Waals surface area (Å²) in [6, 6.07) is 0. The first kappa shape index (κ1) is 18.3. The number of nitrogens with zero attached hydrogens (tertiary/aromatic N) is 4.